The molecule has 1 aromatic rings. The maximum absolute atomic E-state index is 13.6. The molecule has 6 heteroatoms. The van der Waals surface area contributed by atoms with Crippen LogP contribution >= 0.6 is 0 Å². The van der Waals surface area contributed by atoms with Crippen molar-refractivity contribution in [3.8, 4) is 5.75 Å². The quantitative estimate of drug-likeness (QED) is 0.855. The lowest BCUT2D eigenvalue weighted by molar-refractivity contribution is -0.130. The minimum Gasteiger partial charge on any atom is -0.494 e. The fraction of sp³-hybridized carbons (Fsp3) is 0.562. The summed E-state index contributed by atoms with van der Waals surface area (Å²) in [6.45, 7) is 0.543. The maximum atomic E-state index is 13.6. The van der Waals surface area contributed by atoms with Gasteiger partial charge in [-0.05, 0) is 30.5 Å². The first-order valence-electron chi connectivity index (χ1n) is 7.35. The largest absolute Gasteiger partial charge is 0.494 e. The smallest absolute Gasteiger partial charge is 0.256 e. The Balaban J connectivity index is 1.54. The first-order valence-corrected chi connectivity index (χ1v) is 7.35. The van der Waals surface area contributed by atoms with Crippen LogP contribution < -0.4 is 4.74 Å². The second-order valence-corrected chi connectivity index (χ2v) is 6.20. The summed E-state index contributed by atoms with van der Waals surface area (Å²) in [4.78, 5) is 13.6. The van der Waals surface area contributed by atoms with Crippen molar-refractivity contribution in [2.24, 2.45) is 5.41 Å². The number of carbonyl (C=O) groups excluding carboxylic acids is 1. The van der Waals surface area contributed by atoms with Gasteiger partial charge in [-0.25, -0.2) is 13.2 Å². The van der Waals surface area contributed by atoms with Gasteiger partial charge in [-0.1, -0.05) is 6.07 Å². The van der Waals surface area contributed by atoms with E-state index < -0.39 is 17.2 Å². The van der Waals surface area contributed by atoms with Crippen LogP contribution in [0.1, 0.15) is 24.8 Å². The zero-order valence-corrected chi connectivity index (χ0v) is 12.4. The summed E-state index contributed by atoms with van der Waals surface area (Å²) >= 11 is 0. The van der Waals surface area contributed by atoms with E-state index in [1.807, 2.05) is 0 Å². The molecule has 1 amide bonds. The number of nitrogens with zero attached hydrogens (tertiary/aromatic N) is 1. The fourth-order valence-electron chi connectivity index (χ4n) is 3.18. The molecule has 3 nitrogen and oxygen atoms in total. The lowest BCUT2D eigenvalue weighted by Crippen LogP contribution is -2.30. The van der Waals surface area contributed by atoms with E-state index in [4.69, 9.17) is 4.74 Å². The summed E-state index contributed by atoms with van der Waals surface area (Å²) in [5, 5.41) is 0. The number of halogens is 3. The van der Waals surface area contributed by atoms with Crippen molar-refractivity contribution in [1.82, 2.24) is 4.90 Å². The van der Waals surface area contributed by atoms with E-state index in [1.165, 1.54) is 24.1 Å². The van der Waals surface area contributed by atoms with Crippen LogP contribution in [0.4, 0.5) is 13.2 Å². The lowest BCUT2D eigenvalue weighted by Gasteiger charge is -2.16. The van der Waals surface area contributed by atoms with Crippen LogP contribution in [0.25, 0.3) is 0 Å². The van der Waals surface area contributed by atoms with E-state index in [1.54, 1.807) is 6.07 Å². The average Bonchev–Trinajstić information content (AvgIpc) is 2.83. The predicted octanol–water partition coefficient (Wildman–Crippen LogP) is 3.02. The summed E-state index contributed by atoms with van der Waals surface area (Å²) in [7, 11) is 1.39. The Morgan fingerprint density at radius 2 is 2.14 bits per heavy atom. The minimum atomic E-state index is -2.61. The van der Waals surface area contributed by atoms with Crippen LogP contribution in [0, 0.1) is 11.2 Å². The van der Waals surface area contributed by atoms with Gasteiger partial charge in [0.25, 0.3) is 5.92 Å². The van der Waals surface area contributed by atoms with Crippen LogP contribution in [0.3, 0.4) is 0 Å². The Hall–Kier alpha value is -1.72. The van der Waals surface area contributed by atoms with Crippen LogP contribution in [-0.4, -0.2) is 36.9 Å². The van der Waals surface area contributed by atoms with E-state index in [0.29, 0.717) is 24.9 Å². The third-order valence-corrected chi connectivity index (χ3v) is 4.76. The Labute approximate surface area is 127 Å². The van der Waals surface area contributed by atoms with Gasteiger partial charge in [0, 0.05) is 25.9 Å². The van der Waals surface area contributed by atoms with Crippen molar-refractivity contribution in [2.45, 2.75) is 31.6 Å². The van der Waals surface area contributed by atoms with E-state index >= 15 is 0 Å². The Bertz CT molecular complexity index is 605. The molecule has 1 atom stereocenters. The lowest BCUT2D eigenvalue weighted by atomic mass is 10.1. The van der Waals surface area contributed by atoms with E-state index in [0.717, 1.165) is 0 Å². The Kier molecular flexibility index (Phi) is 3.57. The molecule has 22 heavy (non-hydrogen) atoms. The highest BCUT2D eigenvalue weighted by molar-refractivity contribution is 5.77. The molecule has 1 heterocycles. The first kappa shape index (κ1) is 15.2. The molecule has 0 radical (unpaired) electrons. The van der Waals surface area contributed by atoms with Gasteiger partial charge >= 0.3 is 0 Å². The van der Waals surface area contributed by atoms with E-state index in [2.05, 4.69) is 0 Å². The molecule has 1 unspecified atom stereocenters. The number of hydrogen-bond donors (Lipinski definition) is 0. The summed E-state index contributed by atoms with van der Waals surface area (Å²) in [6, 6.07) is 4.56. The molecular weight excluding hydrogens is 295 g/mol. The molecule has 0 bridgehead atoms. The second-order valence-electron chi connectivity index (χ2n) is 6.20. The average molecular weight is 313 g/mol. The Morgan fingerprint density at radius 3 is 2.68 bits per heavy atom. The van der Waals surface area contributed by atoms with Gasteiger partial charge in [0.15, 0.2) is 11.6 Å². The number of likely N-dealkylation sites (tertiary alicyclic amines) is 1. The van der Waals surface area contributed by atoms with Crippen LogP contribution in [0.5, 0.6) is 5.75 Å². The number of amides is 1. The molecular formula is C16H18F3NO2. The summed E-state index contributed by atoms with van der Waals surface area (Å²) in [5.74, 6) is -3.06. The number of methoxy groups -OCH3 is 1. The number of alkyl halides is 2. The molecule has 1 saturated heterocycles. The Morgan fingerprint density at radius 1 is 1.41 bits per heavy atom. The zero-order chi connectivity index (χ0) is 16.0. The normalized spacial score (nSPS) is 25.5. The minimum absolute atomic E-state index is 0.104. The number of ether oxygens (including phenoxy) is 1. The molecule has 3 rings (SSSR count). The molecule has 1 spiro atoms. The third-order valence-electron chi connectivity index (χ3n) is 4.76. The SMILES string of the molecule is COc1ccc(CCC(=O)N2CCC3(C2)CC3(F)F)cc1F. The molecule has 0 N–H and O–H groups in total. The van der Waals surface area contributed by atoms with Gasteiger partial charge < -0.3 is 9.64 Å². The van der Waals surface area contributed by atoms with E-state index in [9.17, 15) is 18.0 Å². The fourth-order valence-corrected chi connectivity index (χ4v) is 3.18. The maximum Gasteiger partial charge on any atom is 0.256 e. The summed E-state index contributed by atoms with van der Waals surface area (Å²) in [6.07, 6.45) is 0.865. The standard InChI is InChI=1S/C16H18F3NO2/c1-22-13-4-2-11(8-12(13)17)3-5-14(21)20-7-6-15(10-20)9-16(15,18)19/h2,4,8H,3,5-7,9-10H2,1H3. The van der Waals surface area contributed by atoms with Gasteiger partial charge in [-0.15, -0.1) is 0 Å². The summed E-state index contributed by atoms with van der Waals surface area (Å²) in [5.41, 5.74) is -0.271. The van der Waals surface area contributed by atoms with E-state index in [-0.39, 0.29) is 31.0 Å². The number of benzene rings is 1. The second kappa shape index (κ2) is 5.18. The van der Waals surface area contributed by atoms with Crippen molar-refractivity contribution in [3.05, 3.63) is 29.6 Å². The van der Waals surface area contributed by atoms with Crippen molar-refractivity contribution < 1.29 is 22.7 Å². The van der Waals surface area contributed by atoms with Gasteiger partial charge in [-0.3, -0.25) is 4.79 Å². The molecule has 1 saturated carbocycles. The molecule has 2 aliphatic rings. The summed E-state index contributed by atoms with van der Waals surface area (Å²) < 4.78 is 45.0. The molecule has 0 aromatic heterocycles. The third kappa shape index (κ3) is 2.55. The number of aryl methyl sites for hydroxylation is 1. The number of carbonyl (C=O) groups is 1. The van der Waals surface area contributed by atoms with Crippen LogP contribution in [0.15, 0.2) is 18.2 Å². The molecule has 1 aromatic carbocycles. The topological polar surface area (TPSA) is 29.5 Å². The highest BCUT2D eigenvalue weighted by atomic mass is 19.3. The molecule has 1 aliphatic heterocycles. The highest BCUT2D eigenvalue weighted by Crippen LogP contribution is 2.65. The highest BCUT2D eigenvalue weighted by Gasteiger charge is 2.72. The van der Waals surface area contributed by atoms with Crippen LogP contribution in [0.2, 0.25) is 0 Å². The number of rotatable bonds is 4. The monoisotopic (exact) mass is 313 g/mol. The van der Waals surface area contributed by atoms with Gasteiger partial charge in [0.2, 0.25) is 5.91 Å². The molecule has 120 valence electrons. The van der Waals surface area contributed by atoms with Gasteiger partial charge in [0.1, 0.15) is 0 Å². The predicted molar refractivity (Wildman–Crippen MR) is 74.5 cm³/mol. The van der Waals surface area contributed by atoms with Crippen molar-refractivity contribution >= 4 is 5.91 Å². The van der Waals surface area contributed by atoms with Crippen molar-refractivity contribution in [2.75, 3.05) is 20.2 Å². The molecule has 2 fully saturated rings. The van der Waals surface area contributed by atoms with Crippen molar-refractivity contribution in [3.63, 3.8) is 0 Å². The first-order chi connectivity index (χ1) is 10.4. The van der Waals surface area contributed by atoms with Crippen molar-refractivity contribution in [1.29, 1.82) is 0 Å². The van der Waals surface area contributed by atoms with Crippen LogP contribution in [-0.2, 0) is 11.2 Å². The number of hydrogen-bond acceptors (Lipinski definition) is 2. The van der Waals surface area contributed by atoms with Gasteiger partial charge in [0.05, 0.1) is 12.5 Å². The molecule has 1 aliphatic carbocycles. The zero-order valence-electron chi connectivity index (χ0n) is 12.4. The van der Waals surface area contributed by atoms with Gasteiger partial charge in [-0.2, -0.15) is 0 Å².